The molecule has 0 fully saturated rings. The molecule has 82 valence electrons. The van der Waals surface area contributed by atoms with Crippen LogP contribution < -0.4 is 0 Å². The van der Waals surface area contributed by atoms with E-state index in [9.17, 15) is 22.0 Å². The van der Waals surface area contributed by atoms with Crippen LogP contribution in [0.3, 0.4) is 0 Å². The maximum absolute atomic E-state index is 12.6. The average Bonchev–Trinajstić information content (AvgIpc) is 2.01. The predicted molar refractivity (Wildman–Crippen MR) is 43.9 cm³/mol. The lowest BCUT2D eigenvalue weighted by molar-refractivity contribution is -0.118. The van der Waals surface area contributed by atoms with Gasteiger partial charge in [0.1, 0.15) is 5.03 Å². The third-order valence-corrected chi connectivity index (χ3v) is 1.74. The van der Waals surface area contributed by atoms with Gasteiger partial charge in [0.05, 0.1) is 0 Å². The normalized spacial score (nSPS) is 14.6. The lowest BCUT2D eigenvalue weighted by Crippen LogP contribution is -2.41. The van der Waals surface area contributed by atoms with E-state index in [0.717, 1.165) is 0 Å². The second-order valence-corrected chi connectivity index (χ2v) is 3.19. The third-order valence-electron chi connectivity index (χ3n) is 1.08. The van der Waals surface area contributed by atoms with E-state index in [-0.39, 0.29) is 0 Å². The number of allylic oxidation sites excluding steroid dienone is 1. The standard InChI is InChI=1S/C6H2Cl3F5/c7-2-1-3(8)5(11,12)4(10)6(9,13)14/h2,4H. The Morgan fingerprint density at radius 1 is 1.29 bits per heavy atom. The van der Waals surface area contributed by atoms with E-state index in [2.05, 4.69) is 11.6 Å². The SMILES string of the molecule is FC(C(F)(F)Cl)C(F)(F)C(Cl)=C=CCl. The molecule has 0 aromatic carbocycles. The minimum Gasteiger partial charge on any atom is -0.232 e. The first-order chi connectivity index (χ1) is 6.14. The molecule has 1 unspecified atom stereocenters. The molecule has 0 spiro atoms. The molecule has 0 heterocycles. The maximum atomic E-state index is 12.6. The lowest BCUT2D eigenvalue weighted by Gasteiger charge is -2.21. The van der Waals surface area contributed by atoms with Crippen LogP contribution in [0, 0.1) is 0 Å². The summed E-state index contributed by atoms with van der Waals surface area (Å²) in [5, 5.41) is -6.31. The Morgan fingerprint density at radius 3 is 2.00 bits per heavy atom. The Morgan fingerprint density at radius 2 is 1.71 bits per heavy atom. The van der Waals surface area contributed by atoms with Gasteiger partial charge in [-0.05, 0) is 11.6 Å². The van der Waals surface area contributed by atoms with Crippen LogP contribution in [-0.4, -0.2) is 17.5 Å². The van der Waals surface area contributed by atoms with Gasteiger partial charge in [-0.2, -0.15) is 17.6 Å². The van der Waals surface area contributed by atoms with Gasteiger partial charge in [0.25, 0.3) is 0 Å². The second-order valence-electron chi connectivity index (χ2n) is 2.09. The molecule has 8 heteroatoms. The van der Waals surface area contributed by atoms with Crippen LogP contribution >= 0.6 is 34.8 Å². The fraction of sp³-hybridized carbons (Fsp3) is 0.500. The highest BCUT2D eigenvalue weighted by Gasteiger charge is 2.57. The molecule has 0 aromatic rings. The summed E-state index contributed by atoms with van der Waals surface area (Å²) in [6.45, 7) is 0. The smallest absolute Gasteiger partial charge is 0.232 e. The van der Waals surface area contributed by atoms with Crippen molar-refractivity contribution in [2.24, 2.45) is 0 Å². The van der Waals surface area contributed by atoms with Gasteiger partial charge in [0.15, 0.2) is 0 Å². The molecule has 0 radical (unpaired) electrons. The number of hydrogen-bond donors (Lipinski definition) is 0. The Kier molecular flexibility index (Phi) is 4.72. The highest BCUT2D eigenvalue weighted by atomic mass is 35.5. The maximum Gasteiger partial charge on any atom is 0.358 e. The summed E-state index contributed by atoms with van der Waals surface area (Å²) in [4.78, 5) is 0. The lowest BCUT2D eigenvalue weighted by atomic mass is 10.2. The summed E-state index contributed by atoms with van der Waals surface area (Å²) in [7, 11) is 0. The number of halogens is 8. The number of alkyl halides is 6. The van der Waals surface area contributed by atoms with E-state index in [0.29, 0.717) is 5.54 Å². The molecule has 0 aromatic heterocycles. The van der Waals surface area contributed by atoms with E-state index in [1.54, 1.807) is 0 Å². The molecular weight excluding hydrogens is 273 g/mol. The number of hydrogen-bond acceptors (Lipinski definition) is 0. The minimum absolute atomic E-state index is 0.412. The summed E-state index contributed by atoms with van der Waals surface area (Å²) in [5.74, 6) is -4.64. The zero-order valence-corrected chi connectivity index (χ0v) is 8.45. The highest BCUT2D eigenvalue weighted by molar-refractivity contribution is 6.31. The van der Waals surface area contributed by atoms with Gasteiger partial charge in [0.2, 0.25) is 6.17 Å². The van der Waals surface area contributed by atoms with Crippen molar-refractivity contribution in [1.82, 2.24) is 0 Å². The van der Waals surface area contributed by atoms with Crippen molar-refractivity contribution >= 4 is 34.8 Å². The molecule has 0 rings (SSSR count). The van der Waals surface area contributed by atoms with Crippen molar-refractivity contribution in [3.05, 3.63) is 16.3 Å². The first-order valence-electron chi connectivity index (χ1n) is 2.94. The quantitative estimate of drug-likeness (QED) is 0.410. The minimum atomic E-state index is -4.72. The largest absolute Gasteiger partial charge is 0.358 e. The van der Waals surface area contributed by atoms with Gasteiger partial charge in [0, 0.05) is 5.54 Å². The molecule has 0 aliphatic rings. The van der Waals surface area contributed by atoms with Crippen molar-refractivity contribution in [2.45, 2.75) is 17.5 Å². The molecule has 0 bridgehead atoms. The van der Waals surface area contributed by atoms with Crippen LogP contribution in [0.25, 0.3) is 0 Å². The Labute approximate surface area is 90.9 Å². The van der Waals surface area contributed by atoms with Crippen molar-refractivity contribution in [3.63, 3.8) is 0 Å². The molecule has 0 aliphatic carbocycles. The molecule has 1 atom stereocenters. The van der Waals surface area contributed by atoms with E-state index in [1.165, 1.54) is 5.73 Å². The first kappa shape index (κ1) is 14.0. The van der Waals surface area contributed by atoms with Crippen LogP contribution in [0.5, 0.6) is 0 Å². The number of rotatable bonds is 3. The Hall–Kier alpha value is 0.0400. The second kappa shape index (κ2) is 4.71. The van der Waals surface area contributed by atoms with E-state index >= 15 is 0 Å². The van der Waals surface area contributed by atoms with E-state index < -0.39 is 22.5 Å². The van der Waals surface area contributed by atoms with E-state index in [1.807, 2.05) is 0 Å². The Balaban J connectivity index is 5.07. The van der Waals surface area contributed by atoms with Crippen LogP contribution in [0.4, 0.5) is 22.0 Å². The van der Waals surface area contributed by atoms with E-state index in [4.69, 9.17) is 23.2 Å². The third kappa shape index (κ3) is 3.31. The van der Waals surface area contributed by atoms with Crippen LogP contribution in [-0.2, 0) is 0 Å². The monoisotopic (exact) mass is 274 g/mol. The van der Waals surface area contributed by atoms with Gasteiger partial charge in [-0.3, -0.25) is 0 Å². The summed E-state index contributed by atoms with van der Waals surface area (Å²) in [6, 6.07) is 0. The van der Waals surface area contributed by atoms with Crippen molar-refractivity contribution < 1.29 is 22.0 Å². The molecular formula is C6H2Cl3F5. The van der Waals surface area contributed by atoms with Crippen LogP contribution in [0.15, 0.2) is 16.3 Å². The van der Waals surface area contributed by atoms with Gasteiger partial charge in [-0.15, -0.1) is 0 Å². The first-order valence-corrected chi connectivity index (χ1v) is 4.13. The fourth-order valence-electron chi connectivity index (χ4n) is 0.461. The van der Waals surface area contributed by atoms with Crippen LogP contribution in [0.1, 0.15) is 0 Å². The molecule has 0 amide bonds. The van der Waals surface area contributed by atoms with Crippen molar-refractivity contribution in [3.8, 4) is 0 Å². The molecule has 14 heavy (non-hydrogen) atoms. The Bertz CT molecular complexity index is 263. The topological polar surface area (TPSA) is 0 Å². The summed E-state index contributed by atoms with van der Waals surface area (Å²) in [6.07, 6.45) is -3.95. The molecule has 0 saturated carbocycles. The van der Waals surface area contributed by atoms with Crippen LogP contribution in [0.2, 0.25) is 0 Å². The zero-order chi connectivity index (χ0) is 11.6. The zero-order valence-electron chi connectivity index (χ0n) is 6.18. The summed E-state index contributed by atoms with van der Waals surface area (Å²) < 4.78 is 61.7. The van der Waals surface area contributed by atoms with Crippen molar-refractivity contribution in [1.29, 1.82) is 0 Å². The van der Waals surface area contributed by atoms with Crippen molar-refractivity contribution in [2.75, 3.05) is 0 Å². The van der Waals surface area contributed by atoms with Gasteiger partial charge in [-0.1, -0.05) is 28.9 Å². The van der Waals surface area contributed by atoms with Gasteiger partial charge in [-0.25, -0.2) is 4.39 Å². The molecule has 0 saturated heterocycles. The summed E-state index contributed by atoms with van der Waals surface area (Å²) >= 11 is 13.7. The highest BCUT2D eigenvalue weighted by Crippen LogP contribution is 2.41. The van der Waals surface area contributed by atoms with Gasteiger partial charge < -0.3 is 0 Å². The predicted octanol–water partition coefficient (Wildman–Crippen LogP) is 4.27. The fourth-order valence-corrected chi connectivity index (χ4v) is 0.913. The molecule has 0 aliphatic heterocycles. The summed E-state index contributed by atoms with van der Waals surface area (Å²) in [5.41, 5.74) is 1.89. The average molecular weight is 275 g/mol. The molecule has 0 N–H and O–H groups in total. The molecule has 0 nitrogen and oxygen atoms in total. The van der Waals surface area contributed by atoms with Gasteiger partial charge >= 0.3 is 11.3 Å².